The van der Waals surface area contributed by atoms with Crippen LogP contribution in [0.15, 0.2) is 66.4 Å². The Hall–Kier alpha value is -4.05. The summed E-state index contributed by atoms with van der Waals surface area (Å²) >= 11 is 3.38. The zero-order chi connectivity index (χ0) is 24.1. The summed E-state index contributed by atoms with van der Waals surface area (Å²) < 4.78 is 1.63. The van der Waals surface area contributed by atoms with E-state index in [9.17, 15) is 19.2 Å². The van der Waals surface area contributed by atoms with Gasteiger partial charge in [0.25, 0.3) is 17.7 Å². The Bertz CT molecular complexity index is 1260. The summed E-state index contributed by atoms with van der Waals surface area (Å²) in [6.45, 7) is 0.686. The van der Waals surface area contributed by atoms with Crippen LogP contribution in [0.5, 0.6) is 0 Å². The molecule has 3 aromatic rings. The minimum absolute atomic E-state index is 0.195. The van der Waals surface area contributed by atoms with Gasteiger partial charge in [0, 0.05) is 34.8 Å². The maximum atomic E-state index is 12.4. The molecule has 0 bridgehead atoms. The fraction of sp³-hybridized carbons (Fsp3) is 0.125. The standard InChI is InChI=1S/C24H20BrN5O4/c25-13-15-6-8-17(9-7-15)21(31)26-10-11-30-14-18(20(29-30)16-4-2-1-3-5-16)12-19-22(32)27-24(34)28-23(19)33/h1-9,12,14H,10-11,13H2,(H,26,31)(H2,27,28,32,33,34). The smallest absolute Gasteiger partial charge is 0.328 e. The third-order valence-electron chi connectivity index (χ3n) is 5.08. The van der Waals surface area contributed by atoms with Crippen molar-refractivity contribution >= 4 is 45.8 Å². The number of carbonyl (C=O) groups excluding carboxylic acids is 4. The van der Waals surface area contributed by atoms with E-state index < -0.39 is 17.8 Å². The molecule has 1 aliphatic heterocycles. The lowest BCUT2D eigenvalue weighted by atomic mass is 10.0. The molecule has 2 heterocycles. The van der Waals surface area contributed by atoms with Crippen molar-refractivity contribution in [2.75, 3.05) is 6.54 Å². The number of nitrogens with one attached hydrogen (secondary N) is 3. The summed E-state index contributed by atoms with van der Waals surface area (Å²) in [6.07, 6.45) is 3.08. The number of urea groups is 1. The molecule has 2 aromatic carbocycles. The van der Waals surface area contributed by atoms with Gasteiger partial charge in [-0.3, -0.25) is 29.7 Å². The Morgan fingerprint density at radius 3 is 2.32 bits per heavy atom. The van der Waals surface area contributed by atoms with Gasteiger partial charge in [-0.15, -0.1) is 0 Å². The minimum Gasteiger partial charge on any atom is -0.350 e. The molecule has 10 heteroatoms. The highest BCUT2D eigenvalue weighted by Crippen LogP contribution is 2.24. The van der Waals surface area contributed by atoms with Gasteiger partial charge >= 0.3 is 6.03 Å². The van der Waals surface area contributed by atoms with Crippen LogP contribution in [-0.2, 0) is 21.5 Å². The first-order valence-corrected chi connectivity index (χ1v) is 11.5. The van der Waals surface area contributed by atoms with Crippen molar-refractivity contribution in [3.8, 4) is 11.3 Å². The molecule has 1 fully saturated rings. The van der Waals surface area contributed by atoms with Gasteiger partial charge in [-0.1, -0.05) is 58.4 Å². The van der Waals surface area contributed by atoms with Crippen molar-refractivity contribution in [1.82, 2.24) is 25.7 Å². The lowest BCUT2D eigenvalue weighted by Gasteiger charge is -2.13. The maximum absolute atomic E-state index is 12.4. The van der Waals surface area contributed by atoms with E-state index in [1.54, 1.807) is 23.0 Å². The second-order valence-corrected chi connectivity index (χ2v) is 8.00. The lowest BCUT2D eigenvalue weighted by molar-refractivity contribution is -0.123. The zero-order valence-electron chi connectivity index (χ0n) is 17.9. The summed E-state index contributed by atoms with van der Waals surface area (Å²) in [5, 5.41) is 12.3. The molecule has 0 spiro atoms. The molecule has 9 nitrogen and oxygen atoms in total. The van der Waals surface area contributed by atoms with E-state index in [0.717, 1.165) is 16.5 Å². The Balaban J connectivity index is 1.53. The van der Waals surface area contributed by atoms with E-state index in [4.69, 9.17) is 0 Å². The molecule has 4 rings (SSSR count). The van der Waals surface area contributed by atoms with Crippen molar-refractivity contribution in [2.45, 2.75) is 11.9 Å². The van der Waals surface area contributed by atoms with Crippen molar-refractivity contribution in [3.63, 3.8) is 0 Å². The summed E-state index contributed by atoms with van der Waals surface area (Å²) in [4.78, 5) is 48.1. The van der Waals surface area contributed by atoms with Crippen LogP contribution in [0, 0.1) is 0 Å². The fourth-order valence-corrected chi connectivity index (χ4v) is 3.74. The van der Waals surface area contributed by atoms with Gasteiger partial charge in [-0.05, 0) is 23.8 Å². The number of alkyl halides is 1. The van der Waals surface area contributed by atoms with E-state index in [0.29, 0.717) is 29.9 Å². The molecular formula is C24H20BrN5O4. The largest absolute Gasteiger partial charge is 0.350 e. The Morgan fingerprint density at radius 2 is 1.68 bits per heavy atom. The van der Waals surface area contributed by atoms with Crippen LogP contribution in [0.25, 0.3) is 17.3 Å². The summed E-state index contributed by atoms with van der Waals surface area (Å²) in [5.74, 6) is -1.75. The number of imide groups is 2. The first-order chi connectivity index (χ1) is 16.4. The van der Waals surface area contributed by atoms with E-state index in [1.165, 1.54) is 6.08 Å². The third-order valence-corrected chi connectivity index (χ3v) is 5.72. The predicted octanol–water partition coefficient (Wildman–Crippen LogP) is 2.62. The average Bonchev–Trinajstić information content (AvgIpc) is 3.24. The van der Waals surface area contributed by atoms with Gasteiger partial charge in [0.05, 0.1) is 12.2 Å². The maximum Gasteiger partial charge on any atom is 0.328 e. The molecule has 0 saturated carbocycles. The van der Waals surface area contributed by atoms with E-state index in [1.807, 2.05) is 42.5 Å². The van der Waals surface area contributed by atoms with Crippen LogP contribution < -0.4 is 16.0 Å². The summed E-state index contributed by atoms with van der Waals surface area (Å²) in [6, 6.07) is 15.7. The quantitative estimate of drug-likeness (QED) is 0.250. The fourth-order valence-electron chi connectivity index (χ4n) is 3.37. The van der Waals surface area contributed by atoms with Gasteiger partial charge in [0.2, 0.25) is 0 Å². The van der Waals surface area contributed by atoms with Crippen LogP contribution in [0.2, 0.25) is 0 Å². The predicted molar refractivity (Wildman–Crippen MR) is 129 cm³/mol. The van der Waals surface area contributed by atoms with Gasteiger partial charge in [0.15, 0.2) is 0 Å². The molecule has 1 saturated heterocycles. The Kier molecular flexibility index (Phi) is 6.98. The second kappa shape index (κ2) is 10.3. The molecule has 34 heavy (non-hydrogen) atoms. The molecule has 0 aliphatic carbocycles. The van der Waals surface area contributed by atoms with Crippen molar-refractivity contribution < 1.29 is 19.2 Å². The van der Waals surface area contributed by atoms with Crippen molar-refractivity contribution in [3.05, 3.63) is 83.1 Å². The number of halogens is 1. The number of aromatic nitrogens is 2. The van der Waals surface area contributed by atoms with E-state index in [2.05, 4.69) is 37.0 Å². The number of amides is 5. The first-order valence-electron chi connectivity index (χ1n) is 10.4. The molecule has 1 aliphatic rings. The van der Waals surface area contributed by atoms with Crippen molar-refractivity contribution in [1.29, 1.82) is 0 Å². The topological polar surface area (TPSA) is 122 Å². The molecule has 5 amide bonds. The van der Waals surface area contributed by atoms with E-state index in [-0.39, 0.29) is 11.5 Å². The zero-order valence-corrected chi connectivity index (χ0v) is 19.5. The third kappa shape index (κ3) is 5.29. The van der Waals surface area contributed by atoms with Crippen LogP contribution in [-0.4, -0.2) is 40.1 Å². The minimum atomic E-state index is -0.858. The molecule has 0 radical (unpaired) electrons. The summed E-state index contributed by atoms with van der Waals surface area (Å²) in [5.41, 5.74) is 3.31. The Morgan fingerprint density at radius 1 is 1.00 bits per heavy atom. The molecule has 0 atom stereocenters. The lowest BCUT2D eigenvalue weighted by Crippen LogP contribution is -2.51. The molecule has 0 unspecified atom stereocenters. The van der Waals surface area contributed by atoms with Crippen LogP contribution in [0.3, 0.4) is 0 Å². The van der Waals surface area contributed by atoms with Crippen LogP contribution >= 0.6 is 15.9 Å². The number of carbonyl (C=O) groups is 4. The number of benzene rings is 2. The highest BCUT2D eigenvalue weighted by Gasteiger charge is 2.28. The molecule has 3 N–H and O–H groups in total. The second-order valence-electron chi connectivity index (χ2n) is 7.44. The average molecular weight is 522 g/mol. The SMILES string of the molecule is O=C1NC(=O)C(=Cc2cn(CCNC(=O)c3ccc(CBr)cc3)nc2-c2ccccc2)C(=O)N1. The summed E-state index contributed by atoms with van der Waals surface area (Å²) in [7, 11) is 0. The van der Waals surface area contributed by atoms with Crippen LogP contribution in [0.1, 0.15) is 21.5 Å². The van der Waals surface area contributed by atoms with Crippen LogP contribution in [0.4, 0.5) is 4.79 Å². The van der Waals surface area contributed by atoms with Crippen molar-refractivity contribution in [2.24, 2.45) is 0 Å². The van der Waals surface area contributed by atoms with Gasteiger partial charge in [-0.25, -0.2) is 4.79 Å². The molecule has 172 valence electrons. The van der Waals surface area contributed by atoms with Gasteiger partial charge in [0.1, 0.15) is 5.57 Å². The number of rotatable bonds is 7. The van der Waals surface area contributed by atoms with Gasteiger partial charge < -0.3 is 5.32 Å². The molecule has 1 aromatic heterocycles. The number of hydrogen-bond donors (Lipinski definition) is 3. The normalized spacial score (nSPS) is 13.3. The highest BCUT2D eigenvalue weighted by atomic mass is 79.9. The highest BCUT2D eigenvalue weighted by molar-refractivity contribution is 9.08. The number of nitrogens with zero attached hydrogens (tertiary/aromatic N) is 2. The first kappa shape index (κ1) is 23.1. The van der Waals surface area contributed by atoms with E-state index >= 15 is 0 Å². The number of barbiturate groups is 1. The molecular weight excluding hydrogens is 502 g/mol. The Labute approximate surface area is 203 Å². The number of hydrogen-bond acceptors (Lipinski definition) is 5. The van der Waals surface area contributed by atoms with Gasteiger partial charge in [-0.2, -0.15) is 5.10 Å². The monoisotopic (exact) mass is 521 g/mol.